The molecule has 0 unspecified atom stereocenters. The topological polar surface area (TPSA) is 12.5 Å². The predicted molar refractivity (Wildman–Crippen MR) is 84.4 cm³/mol. The number of hydrogen-bond donors (Lipinski definition) is 0. The second-order valence-electron chi connectivity index (χ2n) is 5.14. The van der Waals surface area contributed by atoms with Crippen LogP contribution >= 0.6 is 11.6 Å². The molecule has 1 saturated heterocycles. The maximum absolute atomic E-state index is 13.7. The minimum absolute atomic E-state index is 0.286. The minimum Gasteiger partial charge on any atom is -0.490 e. The van der Waals surface area contributed by atoms with Crippen molar-refractivity contribution in [2.45, 2.75) is 25.7 Å². The van der Waals surface area contributed by atoms with Gasteiger partial charge in [-0.05, 0) is 50.6 Å². The highest BCUT2D eigenvalue weighted by atomic mass is 35.5. The van der Waals surface area contributed by atoms with Crippen molar-refractivity contribution in [2.24, 2.45) is 0 Å². The maximum Gasteiger partial charge on any atom is 0.165 e. The van der Waals surface area contributed by atoms with E-state index in [1.54, 1.807) is 12.1 Å². The molecule has 1 aliphatic rings. The first kappa shape index (κ1) is 16.1. The van der Waals surface area contributed by atoms with Gasteiger partial charge in [0.05, 0.1) is 6.61 Å². The Morgan fingerprint density at radius 2 is 2.10 bits per heavy atom. The van der Waals surface area contributed by atoms with Gasteiger partial charge in [-0.1, -0.05) is 11.8 Å². The second kappa shape index (κ2) is 8.92. The summed E-state index contributed by atoms with van der Waals surface area (Å²) in [5.41, 5.74) is 0.760. The van der Waals surface area contributed by atoms with Gasteiger partial charge in [-0.3, -0.25) is 0 Å². The molecule has 0 spiro atoms. The minimum atomic E-state index is -0.334. The molecule has 1 aliphatic heterocycles. The largest absolute Gasteiger partial charge is 0.490 e. The number of likely N-dealkylation sites (tertiary alicyclic amines) is 1. The lowest BCUT2D eigenvalue weighted by Gasteiger charge is -2.14. The molecule has 2 nitrogen and oxygen atoms in total. The Hall–Kier alpha value is -1.24. The highest BCUT2D eigenvalue weighted by molar-refractivity contribution is 6.18. The average molecular weight is 310 g/mol. The van der Waals surface area contributed by atoms with Crippen LogP contribution in [-0.2, 0) is 0 Å². The molecule has 2 rings (SSSR count). The molecule has 1 fully saturated rings. The first-order valence-electron chi connectivity index (χ1n) is 7.49. The lowest BCUT2D eigenvalue weighted by molar-refractivity contribution is 0.256. The fourth-order valence-corrected chi connectivity index (χ4v) is 2.47. The van der Waals surface area contributed by atoms with Crippen molar-refractivity contribution in [2.75, 3.05) is 32.1 Å². The quantitative estimate of drug-likeness (QED) is 0.451. The van der Waals surface area contributed by atoms with Crippen molar-refractivity contribution < 1.29 is 9.13 Å². The molecule has 0 bridgehead atoms. The van der Waals surface area contributed by atoms with Crippen molar-refractivity contribution in [1.82, 2.24) is 4.90 Å². The Balaban J connectivity index is 1.81. The van der Waals surface area contributed by atoms with Crippen LogP contribution in [0, 0.1) is 17.7 Å². The Bertz CT molecular complexity index is 503. The van der Waals surface area contributed by atoms with Gasteiger partial charge in [-0.15, -0.1) is 11.6 Å². The molecule has 0 aliphatic carbocycles. The number of alkyl halides is 1. The smallest absolute Gasteiger partial charge is 0.165 e. The molecule has 1 aromatic carbocycles. The molecule has 0 atom stereocenters. The van der Waals surface area contributed by atoms with Crippen LogP contribution in [0.1, 0.15) is 31.2 Å². The van der Waals surface area contributed by atoms with E-state index in [9.17, 15) is 4.39 Å². The SMILES string of the molecule is Fc1ccc(C#CCCCl)cc1OCCCN1CCCC1. The molecule has 21 heavy (non-hydrogen) atoms. The van der Waals surface area contributed by atoms with Crippen molar-refractivity contribution in [3.63, 3.8) is 0 Å². The van der Waals surface area contributed by atoms with Crippen LogP contribution in [0.2, 0.25) is 0 Å². The molecular weight excluding hydrogens is 289 g/mol. The highest BCUT2D eigenvalue weighted by Gasteiger charge is 2.10. The lowest BCUT2D eigenvalue weighted by Crippen LogP contribution is -2.22. The zero-order valence-electron chi connectivity index (χ0n) is 12.2. The Kier molecular flexibility index (Phi) is 6.85. The van der Waals surface area contributed by atoms with Crippen LogP contribution in [0.5, 0.6) is 5.75 Å². The van der Waals surface area contributed by atoms with E-state index in [0.717, 1.165) is 18.5 Å². The molecule has 0 aromatic heterocycles. The fraction of sp³-hybridized carbons (Fsp3) is 0.529. The lowest BCUT2D eigenvalue weighted by atomic mass is 10.2. The first-order chi connectivity index (χ1) is 10.3. The van der Waals surface area contributed by atoms with Crippen molar-refractivity contribution in [3.8, 4) is 17.6 Å². The van der Waals surface area contributed by atoms with E-state index < -0.39 is 0 Å². The molecule has 0 N–H and O–H groups in total. The Labute approximate surface area is 131 Å². The maximum atomic E-state index is 13.7. The van der Waals surface area contributed by atoms with Gasteiger partial charge in [-0.2, -0.15) is 0 Å². The zero-order valence-corrected chi connectivity index (χ0v) is 13.0. The number of benzene rings is 1. The van der Waals surface area contributed by atoms with Gasteiger partial charge in [0.25, 0.3) is 0 Å². The summed E-state index contributed by atoms with van der Waals surface area (Å²) in [6, 6.07) is 4.72. The van der Waals surface area contributed by atoms with E-state index in [0.29, 0.717) is 18.9 Å². The zero-order chi connectivity index (χ0) is 14.9. The van der Waals surface area contributed by atoms with Crippen molar-refractivity contribution >= 4 is 11.6 Å². The normalized spacial score (nSPS) is 14.8. The van der Waals surface area contributed by atoms with Crippen LogP contribution in [0.15, 0.2) is 18.2 Å². The van der Waals surface area contributed by atoms with Gasteiger partial charge in [-0.25, -0.2) is 4.39 Å². The van der Waals surface area contributed by atoms with Gasteiger partial charge < -0.3 is 9.64 Å². The molecule has 4 heteroatoms. The summed E-state index contributed by atoms with van der Waals surface area (Å²) in [5.74, 6) is 6.35. The summed E-state index contributed by atoms with van der Waals surface area (Å²) in [4.78, 5) is 2.42. The average Bonchev–Trinajstić information content (AvgIpc) is 3.00. The van der Waals surface area contributed by atoms with Crippen LogP contribution in [0.25, 0.3) is 0 Å². The number of ether oxygens (including phenoxy) is 1. The summed E-state index contributed by atoms with van der Waals surface area (Å²) < 4.78 is 19.2. The number of nitrogens with zero attached hydrogens (tertiary/aromatic N) is 1. The molecule has 0 radical (unpaired) electrons. The van der Waals surface area contributed by atoms with Crippen LogP contribution < -0.4 is 4.74 Å². The standard InChI is InChI=1S/C17H21ClFNO/c18-9-2-1-6-15-7-8-16(19)17(14-15)21-13-5-12-20-10-3-4-11-20/h7-8,14H,2-5,9-13H2. The summed E-state index contributed by atoms with van der Waals surface area (Å²) in [5, 5.41) is 0. The number of hydrogen-bond acceptors (Lipinski definition) is 2. The molecule has 1 heterocycles. The third-order valence-corrected chi connectivity index (χ3v) is 3.65. The highest BCUT2D eigenvalue weighted by Crippen LogP contribution is 2.19. The third kappa shape index (κ3) is 5.57. The summed E-state index contributed by atoms with van der Waals surface area (Å²) in [7, 11) is 0. The van der Waals surface area contributed by atoms with E-state index in [1.807, 2.05) is 0 Å². The van der Waals surface area contributed by atoms with Crippen LogP contribution in [0.3, 0.4) is 0 Å². The Morgan fingerprint density at radius 1 is 1.29 bits per heavy atom. The van der Waals surface area contributed by atoms with E-state index >= 15 is 0 Å². The van der Waals surface area contributed by atoms with E-state index in [2.05, 4.69) is 16.7 Å². The first-order valence-corrected chi connectivity index (χ1v) is 8.02. The third-order valence-electron chi connectivity index (χ3n) is 3.46. The predicted octanol–water partition coefficient (Wildman–Crippen LogP) is 3.67. The summed E-state index contributed by atoms with van der Waals surface area (Å²) in [6.07, 6.45) is 4.13. The van der Waals surface area contributed by atoms with Crippen LogP contribution in [0.4, 0.5) is 4.39 Å². The monoisotopic (exact) mass is 309 g/mol. The molecular formula is C17H21ClFNO. The second-order valence-corrected chi connectivity index (χ2v) is 5.51. The molecule has 0 amide bonds. The van der Waals surface area contributed by atoms with Gasteiger partial charge in [0.1, 0.15) is 0 Å². The molecule has 0 saturated carbocycles. The van der Waals surface area contributed by atoms with Gasteiger partial charge in [0, 0.05) is 24.4 Å². The van der Waals surface area contributed by atoms with Crippen molar-refractivity contribution in [3.05, 3.63) is 29.6 Å². The number of halogens is 2. The molecule has 1 aromatic rings. The number of rotatable bonds is 6. The van der Waals surface area contributed by atoms with Gasteiger partial charge >= 0.3 is 0 Å². The van der Waals surface area contributed by atoms with Crippen molar-refractivity contribution in [1.29, 1.82) is 0 Å². The van der Waals surface area contributed by atoms with Gasteiger partial charge in [0.15, 0.2) is 11.6 Å². The van der Waals surface area contributed by atoms with E-state index in [4.69, 9.17) is 16.3 Å². The summed E-state index contributed by atoms with van der Waals surface area (Å²) in [6.45, 7) is 3.92. The van der Waals surface area contributed by atoms with E-state index in [1.165, 1.54) is 32.0 Å². The van der Waals surface area contributed by atoms with Gasteiger partial charge in [0.2, 0.25) is 0 Å². The Morgan fingerprint density at radius 3 is 2.86 bits per heavy atom. The van der Waals surface area contributed by atoms with Crippen LogP contribution in [-0.4, -0.2) is 37.0 Å². The van der Waals surface area contributed by atoms with E-state index in [-0.39, 0.29) is 11.6 Å². The fourth-order valence-electron chi connectivity index (χ4n) is 2.38. The summed E-state index contributed by atoms with van der Waals surface area (Å²) >= 11 is 5.57. The molecule has 114 valence electrons.